The number of hydrogen-bond donors (Lipinski definition) is 2. The van der Waals surface area contributed by atoms with Crippen molar-refractivity contribution < 1.29 is 4.79 Å². The number of likely N-dealkylation sites (tertiary alicyclic amines) is 1. The minimum atomic E-state index is -0.113. The molecule has 3 heterocycles. The fourth-order valence-corrected chi connectivity index (χ4v) is 4.44. The maximum Gasteiger partial charge on any atom is 0.315 e. The summed E-state index contributed by atoms with van der Waals surface area (Å²) in [7, 11) is 0. The van der Waals surface area contributed by atoms with Gasteiger partial charge in [-0.2, -0.15) is 0 Å². The molecule has 0 saturated carbocycles. The Hall–Kier alpha value is -2.71. The van der Waals surface area contributed by atoms with Crippen LogP contribution < -0.4 is 15.5 Å². The summed E-state index contributed by atoms with van der Waals surface area (Å²) in [5, 5.41) is 5.94. The second-order valence-corrected chi connectivity index (χ2v) is 9.26. The summed E-state index contributed by atoms with van der Waals surface area (Å²) in [4.78, 5) is 27.9. The molecule has 0 spiro atoms. The number of carbonyl (C=O) groups excluding carboxylic acids is 1. The fraction of sp³-hybridized carbons (Fsp3) is 0.560. The number of benzene rings is 1. The van der Waals surface area contributed by atoms with E-state index in [1.165, 1.54) is 31.5 Å². The van der Waals surface area contributed by atoms with E-state index in [2.05, 4.69) is 66.5 Å². The molecule has 4 rings (SSSR count). The summed E-state index contributed by atoms with van der Waals surface area (Å²) in [6.07, 6.45) is 6.16. The average molecular weight is 452 g/mol. The number of piperazine rings is 1. The molecule has 2 fully saturated rings. The summed E-state index contributed by atoms with van der Waals surface area (Å²) in [5.74, 6) is 1.66. The highest BCUT2D eigenvalue weighted by Crippen LogP contribution is 2.18. The molecule has 0 bridgehead atoms. The van der Waals surface area contributed by atoms with E-state index in [1.54, 1.807) is 12.4 Å². The van der Waals surface area contributed by atoms with Gasteiger partial charge in [0.25, 0.3) is 0 Å². The number of carbonyl (C=O) groups is 1. The van der Waals surface area contributed by atoms with Crippen molar-refractivity contribution in [3.8, 4) is 0 Å². The van der Waals surface area contributed by atoms with E-state index >= 15 is 0 Å². The highest BCUT2D eigenvalue weighted by Gasteiger charge is 2.18. The van der Waals surface area contributed by atoms with Crippen LogP contribution in [0.3, 0.4) is 0 Å². The molecule has 178 valence electrons. The predicted octanol–water partition coefficient (Wildman–Crippen LogP) is 2.33. The minimum absolute atomic E-state index is 0.113. The molecule has 2 amide bonds. The van der Waals surface area contributed by atoms with Crippen LogP contribution in [0.4, 0.5) is 10.7 Å². The molecule has 0 atom stereocenters. The van der Waals surface area contributed by atoms with Crippen molar-refractivity contribution in [3.05, 3.63) is 53.9 Å². The fourth-order valence-electron chi connectivity index (χ4n) is 4.44. The van der Waals surface area contributed by atoms with E-state index in [0.29, 0.717) is 13.1 Å². The van der Waals surface area contributed by atoms with E-state index < -0.39 is 0 Å². The first-order chi connectivity index (χ1) is 16.2. The van der Waals surface area contributed by atoms with Crippen molar-refractivity contribution in [1.29, 1.82) is 0 Å². The molecule has 2 aliphatic rings. The third-order valence-corrected chi connectivity index (χ3v) is 6.68. The maximum atomic E-state index is 12.2. The van der Waals surface area contributed by atoms with Crippen LogP contribution in [0.15, 0.2) is 42.7 Å². The summed E-state index contributed by atoms with van der Waals surface area (Å²) in [6, 6.07) is 10.3. The molecule has 33 heavy (non-hydrogen) atoms. The summed E-state index contributed by atoms with van der Waals surface area (Å²) in [6.45, 7) is 11.5. The minimum Gasteiger partial charge on any atom is -0.338 e. The quantitative estimate of drug-likeness (QED) is 0.642. The van der Waals surface area contributed by atoms with E-state index in [4.69, 9.17) is 0 Å². The van der Waals surface area contributed by atoms with Crippen LogP contribution in [0.25, 0.3) is 0 Å². The Kier molecular flexibility index (Phi) is 8.49. The van der Waals surface area contributed by atoms with E-state index in [9.17, 15) is 4.79 Å². The van der Waals surface area contributed by atoms with Crippen LogP contribution in [0.5, 0.6) is 0 Å². The first-order valence-electron chi connectivity index (χ1n) is 12.2. The van der Waals surface area contributed by atoms with Gasteiger partial charge in [0.15, 0.2) is 0 Å². The second kappa shape index (κ2) is 12.0. The number of nitrogens with one attached hydrogen (secondary N) is 2. The molecule has 1 aromatic heterocycles. The lowest BCUT2D eigenvalue weighted by Crippen LogP contribution is -2.49. The van der Waals surface area contributed by atoms with Crippen LogP contribution in [-0.4, -0.2) is 78.2 Å². The van der Waals surface area contributed by atoms with Gasteiger partial charge in [-0.3, -0.25) is 9.80 Å². The summed E-state index contributed by atoms with van der Waals surface area (Å²) in [5.41, 5.74) is 2.47. The van der Waals surface area contributed by atoms with Crippen LogP contribution in [0, 0.1) is 5.92 Å². The molecule has 1 aromatic carbocycles. The zero-order valence-electron chi connectivity index (χ0n) is 19.7. The molecule has 2 saturated heterocycles. The van der Waals surface area contributed by atoms with Gasteiger partial charge in [0.1, 0.15) is 0 Å². The Morgan fingerprint density at radius 3 is 2.27 bits per heavy atom. The van der Waals surface area contributed by atoms with Crippen molar-refractivity contribution in [1.82, 2.24) is 30.4 Å². The van der Waals surface area contributed by atoms with Gasteiger partial charge in [-0.15, -0.1) is 0 Å². The standard InChI is InChI=1S/C25H37N7O/c1-21-7-12-31(13-8-21)20-23-5-3-22(4-6-23)19-29-25(33)28-11-14-30-15-17-32(18-16-30)24-26-9-2-10-27-24/h2-6,9-10,21H,7-8,11-20H2,1H3,(H2,28,29,33). The lowest BCUT2D eigenvalue weighted by atomic mass is 9.99. The number of nitrogens with zero attached hydrogens (tertiary/aromatic N) is 5. The largest absolute Gasteiger partial charge is 0.338 e. The van der Waals surface area contributed by atoms with Gasteiger partial charge in [0, 0.05) is 64.8 Å². The molecule has 2 aromatic rings. The molecular weight excluding hydrogens is 414 g/mol. The molecular formula is C25H37N7O. The average Bonchev–Trinajstić information content (AvgIpc) is 2.86. The van der Waals surface area contributed by atoms with Crippen molar-refractivity contribution in [2.24, 2.45) is 5.92 Å². The van der Waals surface area contributed by atoms with Gasteiger partial charge in [-0.05, 0) is 49.0 Å². The highest BCUT2D eigenvalue weighted by molar-refractivity contribution is 5.73. The van der Waals surface area contributed by atoms with E-state index in [0.717, 1.165) is 56.7 Å². The smallest absolute Gasteiger partial charge is 0.315 e. The first-order valence-corrected chi connectivity index (χ1v) is 12.2. The van der Waals surface area contributed by atoms with E-state index in [1.807, 2.05) is 6.07 Å². The third-order valence-electron chi connectivity index (χ3n) is 6.68. The lowest BCUT2D eigenvalue weighted by Gasteiger charge is -2.34. The molecule has 2 aliphatic heterocycles. The number of hydrogen-bond acceptors (Lipinski definition) is 6. The van der Waals surface area contributed by atoms with Crippen molar-refractivity contribution >= 4 is 12.0 Å². The Labute approximate surface area is 197 Å². The van der Waals surface area contributed by atoms with Crippen LogP contribution in [0.1, 0.15) is 30.9 Å². The van der Waals surface area contributed by atoms with Gasteiger partial charge in [-0.1, -0.05) is 31.2 Å². The molecule has 0 unspecified atom stereocenters. The van der Waals surface area contributed by atoms with Gasteiger partial charge in [0.2, 0.25) is 5.95 Å². The number of piperidine rings is 1. The molecule has 8 nitrogen and oxygen atoms in total. The topological polar surface area (TPSA) is 76.6 Å². The third kappa shape index (κ3) is 7.40. The number of amides is 2. The lowest BCUT2D eigenvalue weighted by molar-refractivity contribution is 0.185. The number of aromatic nitrogens is 2. The zero-order valence-corrected chi connectivity index (χ0v) is 19.7. The van der Waals surface area contributed by atoms with Gasteiger partial charge in [0.05, 0.1) is 0 Å². The molecule has 0 radical (unpaired) electrons. The Bertz CT molecular complexity index is 845. The SMILES string of the molecule is CC1CCN(Cc2ccc(CNC(=O)NCCN3CCN(c4ncccn4)CC3)cc2)CC1. The number of rotatable bonds is 8. The Balaban J connectivity index is 1.09. The zero-order chi connectivity index (χ0) is 22.9. The molecule has 8 heteroatoms. The van der Waals surface area contributed by atoms with Crippen LogP contribution >= 0.6 is 0 Å². The summed E-state index contributed by atoms with van der Waals surface area (Å²) >= 11 is 0. The normalized spacial score (nSPS) is 18.3. The molecule has 2 N–H and O–H groups in total. The summed E-state index contributed by atoms with van der Waals surface area (Å²) < 4.78 is 0. The van der Waals surface area contributed by atoms with E-state index in [-0.39, 0.29) is 6.03 Å². The van der Waals surface area contributed by atoms with Crippen LogP contribution in [-0.2, 0) is 13.1 Å². The Morgan fingerprint density at radius 2 is 1.58 bits per heavy atom. The van der Waals surface area contributed by atoms with Crippen molar-refractivity contribution in [2.45, 2.75) is 32.9 Å². The monoisotopic (exact) mass is 451 g/mol. The van der Waals surface area contributed by atoms with Crippen molar-refractivity contribution in [2.75, 3.05) is 57.3 Å². The Morgan fingerprint density at radius 1 is 0.909 bits per heavy atom. The number of urea groups is 1. The van der Waals surface area contributed by atoms with Gasteiger partial charge < -0.3 is 15.5 Å². The van der Waals surface area contributed by atoms with Crippen molar-refractivity contribution in [3.63, 3.8) is 0 Å². The number of anilines is 1. The molecule has 0 aliphatic carbocycles. The maximum absolute atomic E-state index is 12.2. The second-order valence-electron chi connectivity index (χ2n) is 9.26. The first kappa shape index (κ1) is 23.4. The van der Waals surface area contributed by atoms with Crippen LogP contribution in [0.2, 0.25) is 0 Å². The van der Waals surface area contributed by atoms with Gasteiger partial charge >= 0.3 is 6.03 Å². The highest BCUT2D eigenvalue weighted by atomic mass is 16.2. The predicted molar refractivity (Wildman–Crippen MR) is 131 cm³/mol. The van der Waals surface area contributed by atoms with Gasteiger partial charge in [-0.25, -0.2) is 14.8 Å².